The van der Waals surface area contributed by atoms with Crippen LogP contribution in [-0.2, 0) is 0 Å². The van der Waals surface area contributed by atoms with Crippen LogP contribution in [0.5, 0.6) is 0 Å². The Labute approximate surface area is 112 Å². The summed E-state index contributed by atoms with van der Waals surface area (Å²) in [6, 6.07) is 4.97. The summed E-state index contributed by atoms with van der Waals surface area (Å²) in [4.78, 5) is 10.7. The van der Waals surface area contributed by atoms with Crippen LogP contribution in [0.2, 0.25) is 5.02 Å². The second-order valence-electron chi connectivity index (χ2n) is 4.63. The van der Waals surface area contributed by atoms with Gasteiger partial charge in [-0.25, -0.2) is 0 Å². The molecule has 1 aromatic carbocycles. The van der Waals surface area contributed by atoms with E-state index < -0.39 is 5.24 Å². The van der Waals surface area contributed by atoms with Crippen LogP contribution in [0.25, 0.3) is 0 Å². The van der Waals surface area contributed by atoms with Crippen LogP contribution in [0, 0.1) is 6.92 Å². The number of hydrogen-bond donors (Lipinski definition) is 2. The van der Waals surface area contributed by atoms with E-state index in [9.17, 15) is 4.79 Å². The number of carbonyl (C=O) groups is 1. The van der Waals surface area contributed by atoms with Gasteiger partial charge < -0.3 is 0 Å². The van der Waals surface area contributed by atoms with Gasteiger partial charge in [0.15, 0.2) is 0 Å². The van der Waals surface area contributed by atoms with Crippen molar-refractivity contribution in [2.24, 2.45) is 5.84 Å². The van der Waals surface area contributed by atoms with E-state index in [1.54, 1.807) is 25.1 Å². The molecule has 1 rings (SSSR count). The minimum Gasteiger partial charge on any atom is -0.276 e. The molecule has 0 aliphatic rings. The summed E-state index contributed by atoms with van der Waals surface area (Å²) in [5, 5.41) is 0.170. The molecule has 96 valence electrons. The van der Waals surface area contributed by atoms with E-state index in [-0.39, 0.29) is 5.54 Å². The Kier molecular flexibility index (Phi) is 6.72. The Morgan fingerprint density at radius 2 is 1.82 bits per heavy atom. The quantitative estimate of drug-likeness (QED) is 0.470. The van der Waals surface area contributed by atoms with Gasteiger partial charge in [-0.3, -0.25) is 16.1 Å². The van der Waals surface area contributed by atoms with Gasteiger partial charge in [-0.1, -0.05) is 11.6 Å². The first-order chi connectivity index (χ1) is 7.67. The second kappa shape index (κ2) is 6.97. The van der Waals surface area contributed by atoms with Gasteiger partial charge in [0.05, 0.1) is 0 Å². The molecule has 0 saturated carbocycles. The summed E-state index contributed by atoms with van der Waals surface area (Å²) in [6.45, 7) is 7.81. The van der Waals surface area contributed by atoms with Crippen LogP contribution < -0.4 is 11.3 Å². The van der Waals surface area contributed by atoms with Crippen molar-refractivity contribution in [1.29, 1.82) is 0 Å². The normalized spacial score (nSPS) is 10.5. The summed E-state index contributed by atoms with van der Waals surface area (Å²) in [6.07, 6.45) is 0. The first-order valence-electron chi connectivity index (χ1n) is 5.11. The fraction of sp³-hybridized carbons (Fsp3) is 0.417. The molecular weight excluding hydrogens is 259 g/mol. The van der Waals surface area contributed by atoms with Crippen molar-refractivity contribution in [2.75, 3.05) is 0 Å². The summed E-state index contributed by atoms with van der Waals surface area (Å²) in [5.41, 5.74) is 3.99. The average Bonchev–Trinajstić information content (AvgIpc) is 2.16. The Morgan fingerprint density at radius 1 is 1.35 bits per heavy atom. The molecule has 0 radical (unpaired) electrons. The lowest BCUT2D eigenvalue weighted by Crippen LogP contribution is -2.41. The van der Waals surface area contributed by atoms with Crippen molar-refractivity contribution < 1.29 is 4.79 Å². The number of aryl methyl sites for hydroxylation is 1. The van der Waals surface area contributed by atoms with Gasteiger partial charge >= 0.3 is 0 Å². The van der Waals surface area contributed by atoms with E-state index in [0.29, 0.717) is 10.6 Å². The van der Waals surface area contributed by atoms with Crippen LogP contribution in [0.4, 0.5) is 0 Å². The van der Waals surface area contributed by atoms with Crippen LogP contribution >= 0.6 is 23.2 Å². The molecule has 0 spiro atoms. The first kappa shape index (κ1) is 16.4. The molecule has 0 bridgehead atoms. The molecule has 0 unspecified atom stereocenters. The van der Waals surface area contributed by atoms with Crippen LogP contribution in [-0.4, -0.2) is 10.8 Å². The van der Waals surface area contributed by atoms with Gasteiger partial charge in [0, 0.05) is 16.1 Å². The van der Waals surface area contributed by atoms with Crippen molar-refractivity contribution in [3.05, 3.63) is 34.3 Å². The number of nitrogens with two attached hydrogens (primary N) is 1. The van der Waals surface area contributed by atoms with Crippen LogP contribution in [0.3, 0.4) is 0 Å². The smallest absolute Gasteiger partial charge is 0.252 e. The van der Waals surface area contributed by atoms with E-state index in [0.717, 1.165) is 5.56 Å². The highest BCUT2D eigenvalue weighted by Gasteiger charge is 2.04. The SMILES string of the molecule is CC(C)(C)NN.Cc1cc(Cl)ccc1C(=O)Cl. The van der Waals surface area contributed by atoms with Gasteiger partial charge in [-0.05, 0) is 63.1 Å². The molecule has 0 heterocycles. The molecule has 3 nitrogen and oxygen atoms in total. The molecule has 0 amide bonds. The number of hydrazine groups is 1. The predicted octanol–water partition coefficient (Wildman–Crippen LogP) is 3.28. The van der Waals surface area contributed by atoms with E-state index in [4.69, 9.17) is 29.0 Å². The molecule has 0 aromatic heterocycles. The molecule has 0 aliphatic carbocycles. The van der Waals surface area contributed by atoms with Gasteiger partial charge in [-0.15, -0.1) is 0 Å². The minimum absolute atomic E-state index is 0.0694. The highest BCUT2D eigenvalue weighted by Crippen LogP contribution is 2.16. The van der Waals surface area contributed by atoms with Crippen molar-refractivity contribution in [1.82, 2.24) is 5.43 Å². The lowest BCUT2D eigenvalue weighted by molar-refractivity contribution is 0.108. The zero-order valence-electron chi connectivity index (χ0n) is 10.5. The van der Waals surface area contributed by atoms with Crippen LogP contribution in [0.1, 0.15) is 36.7 Å². The maximum atomic E-state index is 10.7. The van der Waals surface area contributed by atoms with E-state index >= 15 is 0 Å². The standard InChI is InChI=1S/C8H6Cl2O.C4H12N2/c1-5-4-6(9)2-3-7(5)8(10)11;1-4(2,3)6-5/h2-4H,1H3;6H,5H2,1-3H3. The Balaban J connectivity index is 0.000000366. The van der Waals surface area contributed by atoms with Crippen LogP contribution in [0.15, 0.2) is 18.2 Å². The molecule has 0 aliphatic heterocycles. The minimum atomic E-state index is -0.445. The molecular formula is C12H18Cl2N2O. The predicted molar refractivity (Wildman–Crippen MR) is 73.4 cm³/mol. The maximum absolute atomic E-state index is 10.7. The van der Waals surface area contributed by atoms with Crippen molar-refractivity contribution in [3.8, 4) is 0 Å². The van der Waals surface area contributed by atoms with E-state index in [1.807, 2.05) is 20.8 Å². The molecule has 5 heteroatoms. The first-order valence-corrected chi connectivity index (χ1v) is 5.86. The van der Waals surface area contributed by atoms with Crippen molar-refractivity contribution in [2.45, 2.75) is 33.2 Å². The molecule has 17 heavy (non-hydrogen) atoms. The molecule has 1 aromatic rings. The Bertz CT molecular complexity index is 387. The third-order valence-electron chi connectivity index (χ3n) is 1.83. The third-order valence-corrected chi connectivity index (χ3v) is 2.27. The van der Waals surface area contributed by atoms with Crippen molar-refractivity contribution >= 4 is 28.4 Å². The molecule has 0 fully saturated rings. The Morgan fingerprint density at radius 3 is 2.12 bits per heavy atom. The number of halogens is 2. The number of rotatable bonds is 1. The number of hydrogen-bond acceptors (Lipinski definition) is 3. The monoisotopic (exact) mass is 276 g/mol. The lowest BCUT2D eigenvalue weighted by atomic mass is 10.1. The van der Waals surface area contributed by atoms with Gasteiger partial charge in [-0.2, -0.15) is 0 Å². The van der Waals surface area contributed by atoms with E-state index in [1.165, 1.54) is 0 Å². The fourth-order valence-corrected chi connectivity index (χ4v) is 1.29. The largest absolute Gasteiger partial charge is 0.276 e. The zero-order chi connectivity index (χ0) is 13.6. The summed E-state index contributed by atoms with van der Waals surface area (Å²) >= 11 is 10.9. The fourth-order valence-electron chi connectivity index (χ4n) is 0.848. The van der Waals surface area contributed by atoms with Gasteiger partial charge in [0.25, 0.3) is 5.24 Å². The molecule has 3 N–H and O–H groups in total. The zero-order valence-corrected chi connectivity index (χ0v) is 12.0. The lowest BCUT2D eigenvalue weighted by Gasteiger charge is -2.14. The summed E-state index contributed by atoms with van der Waals surface area (Å²) in [7, 11) is 0. The molecule has 0 saturated heterocycles. The number of carbonyl (C=O) groups excluding carboxylic acids is 1. The highest BCUT2D eigenvalue weighted by molar-refractivity contribution is 6.67. The number of nitrogens with one attached hydrogen (secondary N) is 1. The average molecular weight is 277 g/mol. The second-order valence-corrected chi connectivity index (χ2v) is 5.41. The summed E-state index contributed by atoms with van der Waals surface area (Å²) in [5.74, 6) is 5.06. The van der Waals surface area contributed by atoms with E-state index in [2.05, 4.69) is 5.43 Å². The highest BCUT2D eigenvalue weighted by atomic mass is 35.5. The van der Waals surface area contributed by atoms with Gasteiger partial charge in [0.1, 0.15) is 0 Å². The van der Waals surface area contributed by atoms with Crippen molar-refractivity contribution in [3.63, 3.8) is 0 Å². The molecule has 0 atom stereocenters. The topological polar surface area (TPSA) is 55.1 Å². The Hall–Kier alpha value is -0.610. The summed E-state index contributed by atoms with van der Waals surface area (Å²) < 4.78 is 0. The van der Waals surface area contributed by atoms with Gasteiger partial charge in [0.2, 0.25) is 0 Å². The maximum Gasteiger partial charge on any atom is 0.252 e. The number of benzene rings is 1. The third kappa shape index (κ3) is 7.34.